The van der Waals surface area contributed by atoms with E-state index < -0.39 is 0 Å². The summed E-state index contributed by atoms with van der Waals surface area (Å²) in [7, 11) is 3.10. The summed E-state index contributed by atoms with van der Waals surface area (Å²) < 4.78 is 16.7. The Morgan fingerprint density at radius 2 is 2.08 bits per heavy atom. The number of nitrogens with one attached hydrogen (secondary N) is 2. The lowest BCUT2D eigenvalue weighted by Gasteiger charge is -2.18. The minimum atomic E-state index is -0.362. The van der Waals surface area contributed by atoms with Gasteiger partial charge < -0.3 is 19.5 Å². The summed E-state index contributed by atoms with van der Waals surface area (Å²) in [5.41, 5.74) is 1.79. The molecule has 0 unspecified atom stereocenters. The molecule has 2 aromatic rings. The number of anilines is 1. The van der Waals surface area contributed by atoms with Gasteiger partial charge in [0.1, 0.15) is 23.1 Å². The molecule has 3 heterocycles. The van der Waals surface area contributed by atoms with Crippen LogP contribution in [0.4, 0.5) is 10.6 Å². The number of urea groups is 1. The Kier molecular flexibility index (Phi) is 5.65. The van der Waals surface area contributed by atoms with Crippen LogP contribution in [0.5, 0.6) is 17.2 Å². The fourth-order valence-corrected chi connectivity index (χ4v) is 2.45. The summed E-state index contributed by atoms with van der Waals surface area (Å²) in [5.74, 6) is 2.01. The van der Waals surface area contributed by atoms with Crippen molar-refractivity contribution in [3.63, 3.8) is 0 Å². The molecule has 0 atom stereocenters. The van der Waals surface area contributed by atoms with Gasteiger partial charge in [-0.3, -0.25) is 10.3 Å². The molecular formula is C18H20N4O4. The molecule has 2 N–H and O–H groups in total. The highest BCUT2D eigenvalue weighted by molar-refractivity contribution is 5.88. The van der Waals surface area contributed by atoms with Gasteiger partial charge in [0.15, 0.2) is 0 Å². The number of pyridine rings is 2. The average molecular weight is 356 g/mol. The van der Waals surface area contributed by atoms with E-state index in [0.29, 0.717) is 36.3 Å². The van der Waals surface area contributed by atoms with E-state index in [1.165, 1.54) is 7.05 Å². The standard InChI is InChI=1S/C18H20N4O4/c1-19-18(23)22-17-7-16(26-14-6-13(24-2)8-20-9-14)15(10-21-17)12-4-3-5-25-11-12/h4,6-10H,3,5,11H2,1-2H3,(H2,19,21,22,23). The molecule has 0 spiro atoms. The third-order valence-electron chi connectivity index (χ3n) is 3.74. The van der Waals surface area contributed by atoms with Crippen molar-refractivity contribution in [2.24, 2.45) is 0 Å². The van der Waals surface area contributed by atoms with Crippen LogP contribution >= 0.6 is 0 Å². The number of rotatable bonds is 5. The lowest BCUT2D eigenvalue weighted by atomic mass is 10.1. The molecule has 8 heteroatoms. The van der Waals surface area contributed by atoms with Crippen LogP contribution in [0, 0.1) is 0 Å². The third-order valence-corrected chi connectivity index (χ3v) is 3.74. The van der Waals surface area contributed by atoms with Crippen molar-refractivity contribution in [1.82, 2.24) is 15.3 Å². The van der Waals surface area contributed by atoms with E-state index in [4.69, 9.17) is 14.2 Å². The number of nitrogens with zero attached hydrogens (tertiary/aromatic N) is 2. The van der Waals surface area contributed by atoms with Gasteiger partial charge in [-0.25, -0.2) is 9.78 Å². The molecule has 1 aliphatic rings. The zero-order valence-corrected chi connectivity index (χ0v) is 14.6. The van der Waals surface area contributed by atoms with Crippen molar-refractivity contribution in [2.45, 2.75) is 6.42 Å². The summed E-state index contributed by atoms with van der Waals surface area (Å²) in [4.78, 5) is 19.9. The quantitative estimate of drug-likeness (QED) is 0.855. The molecule has 0 aliphatic carbocycles. The first-order chi connectivity index (χ1) is 12.7. The number of hydrogen-bond acceptors (Lipinski definition) is 6. The number of carbonyl (C=O) groups is 1. The van der Waals surface area contributed by atoms with Gasteiger partial charge in [0, 0.05) is 30.9 Å². The van der Waals surface area contributed by atoms with E-state index in [0.717, 1.165) is 17.6 Å². The van der Waals surface area contributed by atoms with Crippen LogP contribution in [0.15, 0.2) is 36.8 Å². The zero-order valence-electron chi connectivity index (χ0n) is 14.6. The molecular weight excluding hydrogens is 336 g/mol. The molecule has 8 nitrogen and oxygen atoms in total. The molecule has 1 aliphatic heterocycles. The number of aromatic nitrogens is 2. The van der Waals surface area contributed by atoms with Crippen molar-refractivity contribution in [3.8, 4) is 17.2 Å². The highest BCUT2D eigenvalue weighted by atomic mass is 16.5. The zero-order chi connectivity index (χ0) is 18.4. The van der Waals surface area contributed by atoms with Gasteiger partial charge in [-0.15, -0.1) is 0 Å². The first kappa shape index (κ1) is 17.7. The highest BCUT2D eigenvalue weighted by Gasteiger charge is 2.16. The number of hydrogen-bond donors (Lipinski definition) is 2. The van der Waals surface area contributed by atoms with Crippen molar-refractivity contribution >= 4 is 17.4 Å². The normalized spacial score (nSPS) is 13.5. The van der Waals surface area contributed by atoms with Crippen molar-refractivity contribution < 1.29 is 19.0 Å². The summed E-state index contributed by atoms with van der Waals surface area (Å²) in [6.07, 6.45) is 7.77. The third kappa shape index (κ3) is 4.28. The summed E-state index contributed by atoms with van der Waals surface area (Å²) >= 11 is 0. The van der Waals surface area contributed by atoms with Gasteiger partial charge in [-0.1, -0.05) is 6.08 Å². The Hall–Kier alpha value is -3.13. The van der Waals surface area contributed by atoms with Crippen molar-refractivity contribution in [2.75, 3.05) is 32.7 Å². The molecule has 0 saturated heterocycles. The minimum Gasteiger partial charge on any atom is -0.495 e. The minimum absolute atomic E-state index is 0.362. The number of ether oxygens (including phenoxy) is 3. The molecule has 2 amide bonds. The summed E-state index contributed by atoms with van der Waals surface area (Å²) in [5, 5.41) is 5.13. The van der Waals surface area contributed by atoms with Gasteiger partial charge in [-0.2, -0.15) is 0 Å². The number of amides is 2. The first-order valence-corrected chi connectivity index (χ1v) is 8.12. The Labute approximate surface area is 151 Å². The molecule has 0 radical (unpaired) electrons. The topological polar surface area (TPSA) is 94.6 Å². The Morgan fingerprint density at radius 3 is 2.81 bits per heavy atom. The molecule has 136 valence electrons. The fraction of sp³-hybridized carbons (Fsp3) is 0.278. The van der Waals surface area contributed by atoms with Gasteiger partial charge in [0.25, 0.3) is 0 Å². The Morgan fingerprint density at radius 1 is 1.23 bits per heavy atom. The molecule has 0 saturated carbocycles. The van der Waals surface area contributed by atoms with Crippen LogP contribution in [-0.4, -0.2) is 43.4 Å². The molecule has 26 heavy (non-hydrogen) atoms. The molecule has 2 aromatic heterocycles. The van der Waals surface area contributed by atoms with Crippen molar-refractivity contribution in [3.05, 3.63) is 42.4 Å². The molecule has 3 rings (SSSR count). The predicted octanol–water partition coefficient (Wildman–Crippen LogP) is 2.83. The van der Waals surface area contributed by atoms with Crippen LogP contribution in [0.25, 0.3) is 5.57 Å². The fourth-order valence-electron chi connectivity index (χ4n) is 2.45. The maximum atomic E-state index is 11.6. The van der Waals surface area contributed by atoms with E-state index >= 15 is 0 Å². The monoisotopic (exact) mass is 356 g/mol. The first-order valence-electron chi connectivity index (χ1n) is 8.12. The number of methoxy groups -OCH3 is 1. The SMILES string of the molecule is CNC(=O)Nc1cc(Oc2cncc(OC)c2)c(C2=CCCOC2)cn1. The maximum absolute atomic E-state index is 11.6. The second-order valence-corrected chi connectivity index (χ2v) is 5.50. The summed E-state index contributed by atoms with van der Waals surface area (Å²) in [6, 6.07) is 3.04. The highest BCUT2D eigenvalue weighted by Crippen LogP contribution is 2.33. The molecule has 0 aromatic carbocycles. The average Bonchev–Trinajstić information content (AvgIpc) is 2.69. The van der Waals surface area contributed by atoms with Crippen LogP contribution < -0.4 is 20.1 Å². The Bertz CT molecular complexity index is 823. The lowest BCUT2D eigenvalue weighted by molar-refractivity contribution is 0.164. The Balaban J connectivity index is 1.95. The summed E-state index contributed by atoms with van der Waals surface area (Å²) in [6.45, 7) is 1.18. The second kappa shape index (κ2) is 8.30. The second-order valence-electron chi connectivity index (χ2n) is 5.50. The van der Waals surface area contributed by atoms with Crippen LogP contribution in [0.2, 0.25) is 0 Å². The van der Waals surface area contributed by atoms with Crippen LogP contribution in [0.1, 0.15) is 12.0 Å². The van der Waals surface area contributed by atoms with E-state index in [1.54, 1.807) is 37.8 Å². The van der Waals surface area contributed by atoms with Crippen molar-refractivity contribution in [1.29, 1.82) is 0 Å². The largest absolute Gasteiger partial charge is 0.495 e. The smallest absolute Gasteiger partial charge is 0.320 e. The van der Waals surface area contributed by atoms with Gasteiger partial charge >= 0.3 is 6.03 Å². The van der Waals surface area contributed by atoms with Gasteiger partial charge in [-0.05, 0) is 12.0 Å². The van der Waals surface area contributed by atoms with Gasteiger partial charge in [0.2, 0.25) is 0 Å². The maximum Gasteiger partial charge on any atom is 0.320 e. The van der Waals surface area contributed by atoms with E-state index in [-0.39, 0.29) is 6.03 Å². The predicted molar refractivity (Wildman–Crippen MR) is 96.6 cm³/mol. The number of carbonyl (C=O) groups excluding carboxylic acids is 1. The lowest BCUT2D eigenvalue weighted by Crippen LogP contribution is -2.25. The van der Waals surface area contributed by atoms with E-state index in [2.05, 4.69) is 26.7 Å². The molecule has 0 fully saturated rings. The van der Waals surface area contributed by atoms with Crippen LogP contribution in [0.3, 0.4) is 0 Å². The van der Waals surface area contributed by atoms with E-state index in [1.807, 2.05) is 0 Å². The van der Waals surface area contributed by atoms with Crippen LogP contribution in [-0.2, 0) is 4.74 Å². The molecule has 0 bridgehead atoms. The van der Waals surface area contributed by atoms with E-state index in [9.17, 15) is 4.79 Å². The van der Waals surface area contributed by atoms with Gasteiger partial charge in [0.05, 0.1) is 32.7 Å².